The number of aromatic nitrogens is 3. The van der Waals surface area contributed by atoms with Crippen LogP contribution in [0.3, 0.4) is 0 Å². The second-order valence-electron chi connectivity index (χ2n) is 9.44. The first-order chi connectivity index (χ1) is 16.5. The number of ether oxygens (including phenoxy) is 4. The fourth-order valence-electron chi connectivity index (χ4n) is 4.05. The van der Waals surface area contributed by atoms with Gasteiger partial charge in [0.1, 0.15) is 22.8 Å². The van der Waals surface area contributed by atoms with Crippen LogP contribution >= 0.6 is 0 Å². The number of nitrogens with zero attached hydrogens (tertiary/aromatic N) is 3. The first-order valence-electron chi connectivity index (χ1n) is 11.3. The molecule has 4 rings (SSSR count). The maximum Gasteiger partial charge on any atom is 0.419 e. The lowest BCUT2D eigenvalue weighted by atomic mass is 9.96. The van der Waals surface area contributed by atoms with Crippen molar-refractivity contribution >= 4 is 28.7 Å². The maximum atomic E-state index is 13.0. The number of carbonyl (C=O) groups excluding carboxylic acids is 2. The second-order valence-corrected chi connectivity index (χ2v) is 9.44. The van der Waals surface area contributed by atoms with Crippen molar-refractivity contribution in [3.05, 3.63) is 36.3 Å². The third-order valence-corrected chi connectivity index (χ3v) is 5.74. The van der Waals surface area contributed by atoms with E-state index in [-0.39, 0.29) is 5.91 Å². The highest BCUT2D eigenvalue weighted by atomic mass is 16.6. The molecular formula is C25H30N4O6. The van der Waals surface area contributed by atoms with Gasteiger partial charge in [-0.3, -0.25) is 9.36 Å². The second kappa shape index (κ2) is 9.27. The molecule has 1 aliphatic heterocycles. The van der Waals surface area contributed by atoms with Crippen LogP contribution in [-0.2, 0) is 24.6 Å². The quantitative estimate of drug-likeness (QED) is 0.578. The molecule has 3 aromatic heterocycles. The number of methoxy groups -OCH3 is 2. The molecule has 4 heterocycles. The molecule has 3 aromatic rings. The van der Waals surface area contributed by atoms with Gasteiger partial charge in [0, 0.05) is 56.3 Å². The van der Waals surface area contributed by atoms with E-state index >= 15 is 0 Å². The molecule has 0 radical (unpaired) electrons. The Labute approximate surface area is 203 Å². The van der Waals surface area contributed by atoms with Crippen LogP contribution in [0.25, 0.3) is 22.2 Å². The number of hydrogen-bond acceptors (Lipinski definition) is 8. The first kappa shape index (κ1) is 24.6. The normalized spacial score (nSPS) is 18.0. The summed E-state index contributed by atoms with van der Waals surface area (Å²) < 4.78 is 24.0. The van der Waals surface area contributed by atoms with Crippen LogP contribution in [0, 0.1) is 0 Å². The Bertz CT molecular complexity index is 1270. The molecular weight excluding hydrogens is 452 g/mol. The van der Waals surface area contributed by atoms with E-state index in [1.54, 1.807) is 53.3 Å². The highest BCUT2D eigenvalue weighted by Gasteiger charge is 2.39. The number of fused-ring (bicyclic) bond motifs is 1. The Hall–Kier alpha value is -3.50. The van der Waals surface area contributed by atoms with Crippen molar-refractivity contribution in [3.63, 3.8) is 0 Å². The Morgan fingerprint density at radius 3 is 2.57 bits per heavy atom. The lowest BCUT2D eigenvalue weighted by Crippen LogP contribution is -2.30. The molecule has 10 heteroatoms. The first-order valence-corrected chi connectivity index (χ1v) is 11.3. The smallest absolute Gasteiger partial charge is 0.419 e. The fraction of sp³-hybridized carbons (Fsp3) is 0.440. The molecule has 0 aliphatic carbocycles. The summed E-state index contributed by atoms with van der Waals surface area (Å²) in [6, 6.07) is 5.33. The highest BCUT2D eigenvalue weighted by Crippen LogP contribution is 2.38. The minimum atomic E-state index is -0.699. The average molecular weight is 483 g/mol. The largest absolute Gasteiger partial charge is 0.497 e. The predicted molar refractivity (Wildman–Crippen MR) is 130 cm³/mol. The van der Waals surface area contributed by atoms with E-state index < -0.39 is 17.3 Å². The third kappa shape index (κ3) is 4.98. The van der Waals surface area contributed by atoms with Gasteiger partial charge in [0.25, 0.3) is 0 Å². The molecule has 0 spiro atoms. The maximum absolute atomic E-state index is 13.0. The Kier molecular flexibility index (Phi) is 6.52. The SMILES string of the molecule is COc1cc(-c2cn(C(=O)OC(C)(C)C)c3cnc(NC(C)=O)cc23)nc([C@]2(OC)CCOC2)c1. The van der Waals surface area contributed by atoms with Gasteiger partial charge in [-0.05, 0) is 26.8 Å². The zero-order valence-corrected chi connectivity index (χ0v) is 20.8. The summed E-state index contributed by atoms with van der Waals surface area (Å²) in [4.78, 5) is 33.9. The molecule has 0 unspecified atom stereocenters. The van der Waals surface area contributed by atoms with Gasteiger partial charge in [0.2, 0.25) is 5.91 Å². The minimum Gasteiger partial charge on any atom is -0.497 e. The molecule has 0 aromatic carbocycles. The number of amides is 1. The van der Waals surface area contributed by atoms with Crippen molar-refractivity contribution in [1.29, 1.82) is 0 Å². The zero-order chi connectivity index (χ0) is 25.4. The van der Waals surface area contributed by atoms with Crippen molar-refractivity contribution < 1.29 is 28.5 Å². The lowest BCUT2D eigenvalue weighted by Gasteiger charge is -2.26. The van der Waals surface area contributed by atoms with Crippen LogP contribution in [-0.4, -0.2) is 59.6 Å². The third-order valence-electron chi connectivity index (χ3n) is 5.74. The van der Waals surface area contributed by atoms with Crippen molar-refractivity contribution in [2.24, 2.45) is 0 Å². The molecule has 35 heavy (non-hydrogen) atoms. The topological polar surface area (TPSA) is 114 Å². The van der Waals surface area contributed by atoms with Crippen LogP contribution in [0.2, 0.25) is 0 Å². The summed E-state index contributed by atoms with van der Waals surface area (Å²) in [6.07, 6.45) is 3.29. The van der Waals surface area contributed by atoms with E-state index in [0.29, 0.717) is 59.1 Å². The Morgan fingerprint density at radius 1 is 1.20 bits per heavy atom. The van der Waals surface area contributed by atoms with Crippen LogP contribution in [0.15, 0.2) is 30.6 Å². The van der Waals surface area contributed by atoms with Gasteiger partial charge >= 0.3 is 6.09 Å². The number of rotatable bonds is 5. The van der Waals surface area contributed by atoms with Crippen LogP contribution in [0.1, 0.15) is 39.8 Å². The molecule has 0 bridgehead atoms. The van der Waals surface area contributed by atoms with Crippen molar-refractivity contribution in [1.82, 2.24) is 14.5 Å². The molecule has 0 saturated carbocycles. The van der Waals surface area contributed by atoms with Gasteiger partial charge in [-0.15, -0.1) is 0 Å². The van der Waals surface area contributed by atoms with Crippen molar-refractivity contribution in [2.45, 2.75) is 45.3 Å². The highest BCUT2D eigenvalue weighted by molar-refractivity contribution is 6.02. The lowest BCUT2D eigenvalue weighted by molar-refractivity contribution is -0.114. The Morgan fingerprint density at radius 2 is 1.97 bits per heavy atom. The molecule has 1 fully saturated rings. The molecule has 1 amide bonds. The summed E-state index contributed by atoms with van der Waals surface area (Å²) in [6.45, 7) is 7.74. The van der Waals surface area contributed by atoms with E-state index in [1.807, 2.05) is 6.07 Å². The van der Waals surface area contributed by atoms with Gasteiger partial charge in [-0.1, -0.05) is 0 Å². The monoisotopic (exact) mass is 482 g/mol. The molecule has 1 atom stereocenters. The minimum absolute atomic E-state index is 0.255. The summed E-state index contributed by atoms with van der Waals surface area (Å²) in [5.41, 5.74) is 1.00. The van der Waals surface area contributed by atoms with Crippen LogP contribution < -0.4 is 10.1 Å². The predicted octanol–water partition coefficient (Wildman–Crippen LogP) is 4.11. The van der Waals surface area contributed by atoms with Crippen LogP contribution in [0.5, 0.6) is 5.75 Å². The molecule has 186 valence electrons. The van der Waals surface area contributed by atoms with Gasteiger partial charge in [0.05, 0.1) is 36.8 Å². The summed E-state index contributed by atoms with van der Waals surface area (Å²) in [7, 11) is 3.21. The van der Waals surface area contributed by atoms with Gasteiger partial charge in [-0.2, -0.15) is 0 Å². The number of carbonyl (C=O) groups is 2. The summed E-state index contributed by atoms with van der Waals surface area (Å²) in [5.74, 6) is 0.687. The van der Waals surface area contributed by atoms with Crippen molar-refractivity contribution in [3.8, 4) is 17.0 Å². The van der Waals surface area contributed by atoms with Gasteiger partial charge in [0.15, 0.2) is 0 Å². The molecule has 10 nitrogen and oxygen atoms in total. The number of hydrogen-bond donors (Lipinski definition) is 1. The van der Waals surface area contributed by atoms with Crippen LogP contribution in [0.4, 0.5) is 10.6 Å². The van der Waals surface area contributed by atoms with E-state index in [1.165, 1.54) is 17.7 Å². The molecule has 1 aliphatic rings. The van der Waals surface area contributed by atoms with Crippen molar-refractivity contribution in [2.75, 3.05) is 32.8 Å². The number of pyridine rings is 2. The Balaban J connectivity index is 1.93. The van der Waals surface area contributed by atoms with E-state index in [2.05, 4.69) is 10.3 Å². The number of anilines is 1. The van der Waals surface area contributed by atoms with E-state index in [9.17, 15) is 9.59 Å². The number of nitrogens with one attached hydrogen (secondary N) is 1. The average Bonchev–Trinajstić information content (AvgIpc) is 3.43. The molecule has 1 N–H and O–H groups in total. The molecule has 1 saturated heterocycles. The van der Waals surface area contributed by atoms with E-state index in [4.69, 9.17) is 23.9 Å². The van der Waals surface area contributed by atoms with Gasteiger partial charge < -0.3 is 24.3 Å². The summed E-state index contributed by atoms with van der Waals surface area (Å²) >= 11 is 0. The fourth-order valence-corrected chi connectivity index (χ4v) is 4.05. The van der Waals surface area contributed by atoms with E-state index in [0.717, 1.165) is 0 Å². The standard InChI is InChI=1S/C25H30N4O6/c1-15(30)27-22-11-17-18(13-29(20(17)12-26-22)23(31)35-24(2,3)4)19-9-16(32-5)10-21(28-19)25(33-6)7-8-34-14-25/h9-13H,7-8,14H2,1-6H3,(H,26,27,30)/t25-/m0/s1. The van der Waals surface area contributed by atoms with Gasteiger partial charge in [-0.25, -0.2) is 14.8 Å². The summed E-state index contributed by atoms with van der Waals surface area (Å²) in [5, 5.41) is 3.35. The zero-order valence-electron chi connectivity index (χ0n) is 20.8.